The van der Waals surface area contributed by atoms with Crippen LogP contribution in [0.4, 0.5) is 0 Å². The van der Waals surface area contributed by atoms with Crippen molar-refractivity contribution in [3.05, 3.63) is 42.5 Å². The van der Waals surface area contributed by atoms with Crippen molar-refractivity contribution in [2.75, 3.05) is 0 Å². The third kappa shape index (κ3) is 17.4. The van der Waals surface area contributed by atoms with Crippen LogP contribution in [0.1, 0.15) is 400 Å². The summed E-state index contributed by atoms with van der Waals surface area (Å²) in [6.07, 6.45) is 43.1. The van der Waals surface area contributed by atoms with Gasteiger partial charge in [0.25, 0.3) is 0 Å². The van der Waals surface area contributed by atoms with Crippen molar-refractivity contribution in [2.24, 2.45) is 248 Å². The van der Waals surface area contributed by atoms with Crippen molar-refractivity contribution in [1.82, 2.24) is 0 Å². The van der Waals surface area contributed by atoms with E-state index < -0.39 is 0 Å². The summed E-state index contributed by atoms with van der Waals surface area (Å²) in [5, 5.41) is 0. The van der Waals surface area contributed by atoms with Gasteiger partial charge in [0.05, 0.1) is 0 Å². The summed E-state index contributed by atoms with van der Waals surface area (Å²) in [6, 6.07) is 0. The fraction of sp³-hybridized carbons (Fsp3) is 0.927. The van der Waals surface area contributed by atoms with Crippen molar-refractivity contribution in [3.63, 3.8) is 0 Å². The van der Waals surface area contributed by atoms with E-state index in [9.17, 15) is 0 Å². The van der Waals surface area contributed by atoms with E-state index in [0.29, 0.717) is 154 Å². The first-order valence-corrected chi connectivity index (χ1v) is 52.0. The summed E-state index contributed by atoms with van der Waals surface area (Å²) in [5.41, 5.74) is 13.3. The predicted molar refractivity (Wildman–Crippen MR) is 481 cm³/mol. The van der Waals surface area contributed by atoms with E-state index in [1.165, 1.54) is 193 Å². The van der Waals surface area contributed by atoms with Gasteiger partial charge in [-0.2, -0.15) is 0 Å². The Bertz CT molecular complexity index is 2870. The van der Waals surface area contributed by atoms with Crippen LogP contribution >= 0.6 is 0 Å². The van der Waals surface area contributed by atoms with Crippen molar-refractivity contribution >= 4 is 0 Å². The summed E-state index contributed by atoms with van der Waals surface area (Å²) in [4.78, 5) is 0. The molecule has 0 aromatic heterocycles. The standard InChI is InChI=1S/2C55H95.Ni/c2*1-32(2)42-21-16-37(11)26-47(42)50-31-55(51-29-40(14)19-24-45(51)35(7)8,52-30-41(15)20-25-46(52)36(9)10)54(49-28-39(13)18-23-44(49)34(5)6)53(50)48-27-38(12)17-22-43(48)33(3)4;/h2*32-49,51-52H,16-30H2,1-15H3;. The Morgan fingerprint density at radius 3 is 0.532 bits per heavy atom. The Morgan fingerprint density at radius 1 is 0.189 bits per heavy atom. The van der Waals surface area contributed by atoms with Gasteiger partial charge in [0.2, 0.25) is 0 Å². The molecule has 10 fully saturated rings. The van der Waals surface area contributed by atoms with Gasteiger partial charge in [-0.25, -0.2) is 0 Å². The molecule has 0 aliphatic heterocycles. The first kappa shape index (κ1) is 89.7. The molecule has 0 saturated heterocycles. The van der Waals surface area contributed by atoms with Gasteiger partial charge < -0.3 is 0 Å². The van der Waals surface area contributed by atoms with E-state index in [0.717, 1.165) is 82.9 Å². The Balaban J connectivity index is 1.44. The molecule has 1 heteroatoms. The number of rotatable bonds is 22. The zero-order chi connectivity index (χ0) is 80.6. The van der Waals surface area contributed by atoms with E-state index >= 15 is 0 Å². The Kier molecular flexibility index (Phi) is 29.9. The molecular formula is C110H190Ni. The zero-order valence-electron chi connectivity index (χ0n) is 79.6. The third-order valence-electron chi connectivity index (χ3n) is 38.1. The van der Waals surface area contributed by atoms with Crippen molar-refractivity contribution in [1.29, 1.82) is 0 Å². The van der Waals surface area contributed by atoms with Crippen molar-refractivity contribution in [3.8, 4) is 0 Å². The van der Waals surface area contributed by atoms with Crippen molar-refractivity contribution < 1.29 is 14.4 Å². The van der Waals surface area contributed by atoms with E-state index in [-0.39, 0.29) is 10.8 Å². The maximum absolute atomic E-state index is 2.87. The van der Waals surface area contributed by atoms with E-state index in [2.05, 4.69) is 265 Å². The molecule has 0 bridgehead atoms. The van der Waals surface area contributed by atoms with Gasteiger partial charge in [-0.05, 0) is 0 Å². The van der Waals surface area contributed by atoms with Crippen LogP contribution in [0.25, 0.3) is 0 Å². The zero-order valence-corrected chi connectivity index (χ0v) is 80.6. The van der Waals surface area contributed by atoms with Crippen LogP contribution in [0, 0.1) is 248 Å². The number of hydrogen-bond acceptors (Lipinski definition) is 0. The van der Waals surface area contributed by atoms with Gasteiger partial charge in [-0.1, -0.05) is 0 Å². The molecule has 30 unspecified atom stereocenters. The van der Waals surface area contributed by atoms with Gasteiger partial charge in [0.15, 0.2) is 0 Å². The molecule has 0 amide bonds. The molecule has 12 rings (SSSR count). The first-order chi connectivity index (χ1) is 52.4. The predicted octanol–water partition coefficient (Wildman–Crippen LogP) is 33.3. The summed E-state index contributed by atoms with van der Waals surface area (Å²) in [5.74, 6) is 27.6. The average molecular weight is 1570 g/mol. The van der Waals surface area contributed by atoms with E-state index in [1.54, 1.807) is 0 Å². The SMILES string of the molecule is CC1CCC(C(C)C)C(C2=[C]([Ni][C]3=C(C4CC(C)CCC4C(C)C)C(C4CC(C)CCC4C(C)C)=C(C4CC(C)CCC4C(C)C)C3(C3CC(C)CCC3C(C)C)C3CC(C)CCC3C(C)C)C(C3CC(C)CCC3C(C)C)(C3CC(C)CCC3C(C)C)C(C3CC(C)CCC3C(C)C)=C2C2CC(C)CCC2C(C)C)C1. The topological polar surface area (TPSA) is 0 Å². The first-order valence-electron chi connectivity index (χ1n) is 51.0. The third-order valence-corrected chi connectivity index (χ3v) is 40.0. The normalized spacial score (nSPS) is 45.1. The maximum atomic E-state index is 2.87. The summed E-state index contributed by atoms with van der Waals surface area (Å²) in [6.45, 7) is 84.8. The molecule has 10 saturated carbocycles. The molecule has 0 radical (unpaired) electrons. The van der Waals surface area contributed by atoms with Gasteiger partial charge in [0.1, 0.15) is 0 Å². The number of allylic oxidation sites excluding steroid dienone is 8. The summed E-state index contributed by atoms with van der Waals surface area (Å²) >= 11 is 2.58. The van der Waals surface area contributed by atoms with Crippen LogP contribution in [0.3, 0.4) is 0 Å². The van der Waals surface area contributed by atoms with E-state index in [4.69, 9.17) is 0 Å². The molecular weight excluding hydrogens is 1380 g/mol. The molecule has 0 aromatic carbocycles. The molecule has 30 atom stereocenters. The van der Waals surface area contributed by atoms with Crippen LogP contribution in [0.5, 0.6) is 0 Å². The van der Waals surface area contributed by atoms with Crippen molar-refractivity contribution in [2.45, 2.75) is 400 Å². The molecule has 111 heavy (non-hydrogen) atoms. The second-order valence-corrected chi connectivity index (χ2v) is 50.4. The molecule has 12 aliphatic rings. The van der Waals surface area contributed by atoms with Crippen LogP contribution in [0.2, 0.25) is 0 Å². The van der Waals surface area contributed by atoms with Crippen LogP contribution in [-0.2, 0) is 14.4 Å². The molecule has 12 aliphatic carbocycles. The molecule has 0 heterocycles. The Hall–Kier alpha value is -0.546. The molecule has 0 nitrogen and oxygen atoms in total. The van der Waals surface area contributed by atoms with Gasteiger partial charge >= 0.3 is 705 Å². The molecule has 0 spiro atoms. The van der Waals surface area contributed by atoms with Gasteiger partial charge in [-0.15, -0.1) is 0 Å². The second-order valence-electron chi connectivity index (χ2n) is 49.2. The van der Waals surface area contributed by atoms with Gasteiger partial charge in [0, 0.05) is 0 Å². The molecule has 640 valence electrons. The second kappa shape index (κ2) is 37.0. The quantitative estimate of drug-likeness (QED) is 0.0948. The number of hydrogen-bond donors (Lipinski definition) is 0. The van der Waals surface area contributed by atoms with E-state index in [1.807, 2.05) is 0 Å². The fourth-order valence-electron chi connectivity index (χ4n) is 32.5. The fourth-order valence-corrected chi connectivity index (χ4v) is 35.0. The monoisotopic (exact) mass is 1570 g/mol. The van der Waals surface area contributed by atoms with Gasteiger partial charge in [-0.3, -0.25) is 0 Å². The molecule has 0 N–H and O–H groups in total. The summed E-state index contributed by atoms with van der Waals surface area (Å²) in [7, 11) is 0. The minimum absolute atomic E-state index is 0.0322. The van der Waals surface area contributed by atoms with Crippen LogP contribution in [-0.4, -0.2) is 0 Å². The summed E-state index contributed by atoms with van der Waals surface area (Å²) < 4.78 is 4.49. The molecule has 0 aromatic rings. The van der Waals surface area contributed by atoms with Crippen LogP contribution < -0.4 is 0 Å². The minimum atomic E-state index is -0.0322. The Labute approximate surface area is 700 Å². The van der Waals surface area contributed by atoms with Crippen LogP contribution in [0.15, 0.2) is 42.5 Å². The average Bonchev–Trinajstić information content (AvgIpc) is 1.51. The Morgan fingerprint density at radius 2 is 0.342 bits per heavy atom.